The number of guanidine groups is 1. The Morgan fingerprint density at radius 3 is 2.96 bits per heavy atom. The van der Waals surface area contributed by atoms with Gasteiger partial charge in [-0.2, -0.15) is 0 Å². The van der Waals surface area contributed by atoms with Crippen LogP contribution in [-0.2, 0) is 11.3 Å². The molecule has 2 aliphatic heterocycles. The van der Waals surface area contributed by atoms with E-state index >= 15 is 0 Å². The van der Waals surface area contributed by atoms with Gasteiger partial charge < -0.3 is 20.1 Å². The van der Waals surface area contributed by atoms with E-state index in [1.165, 1.54) is 12.8 Å². The summed E-state index contributed by atoms with van der Waals surface area (Å²) in [5.41, 5.74) is 7.32. The van der Waals surface area contributed by atoms with Crippen molar-refractivity contribution in [3.8, 4) is 5.75 Å². The Bertz CT molecular complexity index is 587. The molecule has 1 aromatic rings. The smallest absolute Gasteiger partial charge is 0.191 e. The van der Waals surface area contributed by atoms with E-state index in [9.17, 15) is 0 Å². The number of benzene rings is 1. The van der Waals surface area contributed by atoms with Gasteiger partial charge in [0.05, 0.1) is 19.8 Å². The lowest BCUT2D eigenvalue weighted by Gasteiger charge is -2.31. The van der Waals surface area contributed by atoms with Crippen molar-refractivity contribution in [1.29, 1.82) is 0 Å². The van der Waals surface area contributed by atoms with Gasteiger partial charge in [-0.1, -0.05) is 19.1 Å². The first-order chi connectivity index (χ1) is 12.7. The molecule has 1 atom stereocenters. The lowest BCUT2D eigenvalue weighted by molar-refractivity contribution is 0.0322. The van der Waals surface area contributed by atoms with Gasteiger partial charge >= 0.3 is 0 Å². The van der Waals surface area contributed by atoms with Gasteiger partial charge in [0.1, 0.15) is 12.4 Å². The minimum Gasteiger partial charge on any atom is -0.492 e. The minimum atomic E-state index is 0.595. The fraction of sp³-hybridized carbons (Fsp3) is 0.650. The highest BCUT2D eigenvalue weighted by atomic mass is 16.5. The van der Waals surface area contributed by atoms with E-state index in [1.807, 2.05) is 12.1 Å². The van der Waals surface area contributed by atoms with Crippen LogP contribution in [0.15, 0.2) is 29.3 Å². The lowest BCUT2D eigenvalue weighted by atomic mass is 10.0. The molecule has 1 unspecified atom stereocenters. The summed E-state index contributed by atoms with van der Waals surface area (Å²) >= 11 is 0. The predicted octanol–water partition coefficient (Wildman–Crippen LogP) is 1.94. The van der Waals surface area contributed by atoms with Crippen LogP contribution in [0.2, 0.25) is 0 Å². The summed E-state index contributed by atoms with van der Waals surface area (Å²) < 4.78 is 11.3. The average molecular weight is 361 g/mol. The van der Waals surface area contributed by atoms with Gasteiger partial charge in [0.15, 0.2) is 5.96 Å². The van der Waals surface area contributed by atoms with Crippen LogP contribution in [0, 0.1) is 5.92 Å². The van der Waals surface area contributed by atoms with Gasteiger partial charge in [-0.05, 0) is 36.5 Å². The quantitative estimate of drug-likeness (QED) is 0.620. The summed E-state index contributed by atoms with van der Waals surface area (Å²) in [5, 5.41) is 0. The third-order valence-corrected chi connectivity index (χ3v) is 5.08. The maximum Gasteiger partial charge on any atom is 0.191 e. The molecule has 6 nitrogen and oxygen atoms in total. The van der Waals surface area contributed by atoms with Crippen LogP contribution >= 0.6 is 0 Å². The first-order valence-corrected chi connectivity index (χ1v) is 9.77. The molecule has 0 amide bonds. The van der Waals surface area contributed by atoms with Crippen molar-refractivity contribution in [1.82, 2.24) is 9.80 Å². The summed E-state index contributed by atoms with van der Waals surface area (Å²) in [6.45, 7) is 10.2. The van der Waals surface area contributed by atoms with E-state index in [2.05, 4.69) is 33.8 Å². The molecule has 6 heteroatoms. The summed E-state index contributed by atoms with van der Waals surface area (Å²) in [7, 11) is 0. The highest BCUT2D eigenvalue weighted by molar-refractivity contribution is 5.78. The third kappa shape index (κ3) is 5.88. The summed E-state index contributed by atoms with van der Waals surface area (Å²) in [6, 6.07) is 8.16. The first-order valence-electron chi connectivity index (χ1n) is 9.77. The Kier molecular flexibility index (Phi) is 7.14. The number of aliphatic imine (C=N–C) groups is 1. The van der Waals surface area contributed by atoms with Crippen LogP contribution in [0.5, 0.6) is 5.75 Å². The molecule has 2 aliphatic rings. The highest BCUT2D eigenvalue weighted by Crippen LogP contribution is 2.16. The molecular weight excluding hydrogens is 328 g/mol. The van der Waals surface area contributed by atoms with E-state index in [1.54, 1.807) is 0 Å². The van der Waals surface area contributed by atoms with Crippen molar-refractivity contribution in [3.05, 3.63) is 29.8 Å². The second kappa shape index (κ2) is 9.78. The fourth-order valence-electron chi connectivity index (χ4n) is 3.52. The molecule has 3 rings (SSSR count). The van der Waals surface area contributed by atoms with Crippen LogP contribution in [0.3, 0.4) is 0 Å². The molecule has 2 fully saturated rings. The second-order valence-corrected chi connectivity index (χ2v) is 7.32. The van der Waals surface area contributed by atoms with Gasteiger partial charge in [-0.3, -0.25) is 4.90 Å². The summed E-state index contributed by atoms with van der Waals surface area (Å²) in [5.74, 6) is 2.26. The van der Waals surface area contributed by atoms with Crippen LogP contribution in [0.4, 0.5) is 0 Å². The van der Waals surface area contributed by atoms with E-state index in [0.29, 0.717) is 25.0 Å². The van der Waals surface area contributed by atoms with Crippen LogP contribution in [0.1, 0.15) is 25.3 Å². The number of piperidine rings is 1. The molecule has 1 aromatic carbocycles. The van der Waals surface area contributed by atoms with E-state index in [-0.39, 0.29) is 0 Å². The Morgan fingerprint density at radius 1 is 1.31 bits per heavy atom. The number of morpholine rings is 1. The van der Waals surface area contributed by atoms with Crippen LogP contribution in [0.25, 0.3) is 0 Å². The number of ether oxygens (including phenoxy) is 2. The molecule has 2 N–H and O–H groups in total. The Hall–Kier alpha value is -1.79. The molecule has 2 heterocycles. The van der Waals surface area contributed by atoms with Gasteiger partial charge in [0.2, 0.25) is 0 Å². The van der Waals surface area contributed by atoms with Crippen molar-refractivity contribution < 1.29 is 9.47 Å². The normalized spacial score (nSPS) is 22.4. The van der Waals surface area contributed by atoms with E-state index in [4.69, 9.17) is 15.2 Å². The molecular formula is C20H32N4O2. The molecule has 0 radical (unpaired) electrons. The molecule has 144 valence electrons. The monoisotopic (exact) mass is 360 g/mol. The SMILES string of the molecule is CC1CCCN(C(N)=NCc2cccc(OCCN3CCOCC3)c2)C1. The number of hydrogen-bond donors (Lipinski definition) is 1. The van der Waals surface area contributed by atoms with E-state index < -0.39 is 0 Å². The van der Waals surface area contributed by atoms with Crippen LogP contribution in [-0.4, -0.2) is 68.3 Å². The topological polar surface area (TPSA) is 63.3 Å². The van der Waals surface area contributed by atoms with Gasteiger partial charge in [0.25, 0.3) is 0 Å². The maximum absolute atomic E-state index is 6.19. The summed E-state index contributed by atoms with van der Waals surface area (Å²) in [4.78, 5) is 9.17. The van der Waals surface area contributed by atoms with Crippen molar-refractivity contribution in [2.24, 2.45) is 16.6 Å². The fourth-order valence-corrected chi connectivity index (χ4v) is 3.52. The van der Waals surface area contributed by atoms with Gasteiger partial charge in [0, 0.05) is 32.7 Å². The van der Waals surface area contributed by atoms with Gasteiger partial charge in [-0.25, -0.2) is 4.99 Å². The summed E-state index contributed by atoms with van der Waals surface area (Å²) in [6.07, 6.45) is 2.48. The third-order valence-electron chi connectivity index (χ3n) is 5.08. The second-order valence-electron chi connectivity index (χ2n) is 7.32. The molecule has 2 saturated heterocycles. The van der Waals surface area contributed by atoms with Crippen molar-refractivity contribution in [2.75, 3.05) is 52.5 Å². The van der Waals surface area contributed by atoms with Crippen molar-refractivity contribution >= 4 is 5.96 Å². The lowest BCUT2D eigenvalue weighted by Crippen LogP contribution is -2.43. The Morgan fingerprint density at radius 2 is 2.15 bits per heavy atom. The molecule has 0 bridgehead atoms. The largest absolute Gasteiger partial charge is 0.492 e. The van der Waals surface area contributed by atoms with E-state index in [0.717, 1.165) is 57.3 Å². The number of nitrogens with two attached hydrogens (primary N) is 1. The van der Waals surface area contributed by atoms with Crippen molar-refractivity contribution in [3.63, 3.8) is 0 Å². The Labute approximate surface area is 157 Å². The Balaban J connectivity index is 1.46. The number of likely N-dealkylation sites (tertiary alicyclic amines) is 1. The zero-order valence-electron chi connectivity index (χ0n) is 15.9. The molecule has 0 spiro atoms. The average Bonchev–Trinajstić information content (AvgIpc) is 2.67. The standard InChI is InChI=1S/C20H32N4O2/c1-17-4-3-7-24(16-17)20(21)22-15-18-5-2-6-19(14-18)26-13-10-23-8-11-25-12-9-23/h2,5-6,14,17H,3-4,7-13,15-16H2,1H3,(H2,21,22). The van der Waals surface area contributed by atoms with Crippen molar-refractivity contribution in [2.45, 2.75) is 26.3 Å². The van der Waals surface area contributed by atoms with Gasteiger partial charge in [-0.15, -0.1) is 0 Å². The predicted molar refractivity (Wildman–Crippen MR) is 104 cm³/mol. The van der Waals surface area contributed by atoms with Crippen LogP contribution < -0.4 is 10.5 Å². The maximum atomic E-state index is 6.19. The number of rotatable bonds is 6. The number of hydrogen-bond acceptors (Lipinski definition) is 4. The molecule has 0 aliphatic carbocycles. The molecule has 0 aromatic heterocycles. The minimum absolute atomic E-state index is 0.595. The zero-order chi connectivity index (χ0) is 18.2. The highest BCUT2D eigenvalue weighted by Gasteiger charge is 2.17. The zero-order valence-corrected chi connectivity index (χ0v) is 15.9. The molecule has 0 saturated carbocycles. The molecule has 26 heavy (non-hydrogen) atoms. The first kappa shape index (κ1) is 19.0. The number of nitrogens with zero attached hydrogens (tertiary/aromatic N) is 3.